The van der Waals surface area contributed by atoms with Crippen LogP contribution in [0.15, 0.2) is 4.99 Å². The fourth-order valence-corrected chi connectivity index (χ4v) is 1.25. The van der Waals surface area contributed by atoms with Gasteiger partial charge in [0, 0.05) is 33.5 Å². The molecule has 0 aliphatic heterocycles. The highest BCUT2D eigenvalue weighted by Crippen LogP contribution is 2.13. The zero-order valence-corrected chi connectivity index (χ0v) is 14.8. The van der Waals surface area contributed by atoms with E-state index in [4.69, 9.17) is 4.74 Å². The average molecular weight is 393 g/mol. The Kier molecular flexibility index (Phi) is 10.0. The van der Waals surface area contributed by atoms with Crippen molar-refractivity contribution in [2.24, 2.45) is 4.99 Å². The highest BCUT2D eigenvalue weighted by atomic mass is 127. The van der Waals surface area contributed by atoms with Crippen molar-refractivity contribution in [2.75, 3.05) is 40.1 Å². The Balaban J connectivity index is 0. The van der Waals surface area contributed by atoms with Crippen LogP contribution in [0.4, 0.5) is 0 Å². The summed E-state index contributed by atoms with van der Waals surface area (Å²) >= 11 is 0. The molecule has 0 saturated carbocycles. The van der Waals surface area contributed by atoms with E-state index in [1.54, 1.807) is 28.0 Å². The number of ether oxygens (including phenoxy) is 1. The van der Waals surface area contributed by atoms with Gasteiger partial charge in [0.15, 0.2) is 15.8 Å². The van der Waals surface area contributed by atoms with Crippen molar-refractivity contribution in [1.29, 1.82) is 0 Å². The van der Waals surface area contributed by atoms with Crippen LogP contribution in [0.1, 0.15) is 13.8 Å². The summed E-state index contributed by atoms with van der Waals surface area (Å²) < 4.78 is 27.1. The van der Waals surface area contributed by atoms with Crippen LogP contribution in [-0.2, 0) is 14.6 Å². The first kappa shape index (κ1) is 20.2. The van der Waals surface area contributed by atoms with Crippen molar-refractivity contribution in [3.63, 3.8) is 0 Å². The fraction of sp³-hybridized carbons (Fsp3) is 0.900. The second kappa shape index (κ2) is 8.92. The van der Waals surface area contributed by atoms with E-state index in [-0.39, 0.29) is 24.0 Å². The Morgan fingerprint density at radius 3 is 2.28 bits per heavy atom. The number of rotatable bonds is 6. The maximum absolute atomic E-state index is 11.5. The van der Waals surface area contributed by atoms with Gasteiger partial charge in [-0.3, -0.25) is 4.99 Å². The van der Waals surface area contributed by atoms with Gasteiger partial charge >= 0.3 is 0 Å². The monoisotopic (exact) mass is 393 g/mol. The van der Waals surface area contributed by atoms with Crippen molar-refractivity contribution < 1.29 is 13.2 Å². The second-order valence-corrected chi connectivity index (χ2v) is 7.03. The molecule has 0 atom stereocenters. The van der Waals surface area contributed by atoms with Gasteiger partial charge in [-0.2, -0.15) is 0 Å². The topological polar surface area (TPSA) is 79.8 Å². The summed E-state index contributed by atoms with van der Waals surface area (Å²) in [5.74, 6) is 0.568. The van der Waals surface area contributed by atoms with Crippen LogP contribution < -0.4 is 10.6 Å². The molecule has 0 fully saturated rings. The molecule has 0 aliphatic carbocycles. The Hall–Kier alpha value is -0.0900. The van der Waals surface area contributed by atoms with Crippen molar-refractivity contribution in [3.8, 4) is 0 Å². The van der Waals surface area contributed by atoms with Gasteiger partial charge in [0.25, 0.3) is 0 Å². The van der Waals surface area contributed by atoms with Crippen molar-refractivity contribution in [2.45, 2.75) is 18.6 Å². The molecule has 0 radical (unpaired) electrons. The molecule has 0 aromatic heterocycles. The molecule has 6 nitrogen and oxygen atoms in total. The molecular formula is C10H24IN3O3S. The van der Waals surface area contributed by atoms with Crippen LogP contribution in [0.2, 0.25) is 0 Å². The molecule has 0 saturated heterocycles. The first-order chi connectivity index (χ1) is 7.74. The minimum Gasteiger partial charge on any atom is -0.383 e. The van der Waals surface area contributed by atoms with Gasteiger partial charge in [-0.1, -0.05) is 0 Å². The third kappa shape index (κ3) is 7.37. The largest absolute Gasteiger partial charge is 0.383 e. The van der Waals surface area contributed by atoms with E-state index in [1.165, 1.54) is 6.26 Å². The van der Waals surface area contributed by atoms with Crippen LogP contribution in [0, 0.1) is 0 Å². The lowest BCUT2D eigenvalue weighted by Gasteiger charge is -2.24. The Bertz CT molecular complexity index is 355. The van der Waals surface area contributed by atoms with Crippen molar-refractivity contribution in [1.82, 2.24) is 10.6 Å². The zero-order valence-electron chi connectivity index (χ0n) is 11.6. The predicted molar refractivity (Wildman–Crippen MR) is 85.6 cm³/mol. The first-order valence-corrected chi connectivity index (χ1v) is 7.27. The van der Waals surface area contributed by atoms with E-state index < -0.39 is 14.6 Å². The smallest absolute Gasteiger partial charge is 0.191 e. The quantitative estimate of drug-likeness (QED) is 0.293. The molecule has 2 N–H and O–H groups in total. The summed E-state index contributed by atoms with van der Waals surface area (Å²) in [5.41, 5.74) is 0. The summed E-state index contributed by atoms with van der Waals surface area (Å²) in [6.07, 6.45) is 1.23. The van der Waals surface area contributed by atoms with Crippen LogP contribution >= 0.6 is 24.0 Å². The second-order valence-electron chi connectivity index (χ2n) is 4.38. The Labute approximate surface area is 127 Å². The number of methoxy groups -OCH3 is 1. The third-order valence-electron chi connectivity index (χ3n) is 2.51. The molecule has 18 heavy (non-hydrogen) atoms. The number of hydrogen-bond donors (Lipinski definition) is 2. The Morgan fingerprint density at radius 2 is 1.89 bits per heavy atom. The van der Waals surface area contributed by atoms with Gasteiger partial charge in [0.1, 0.15) is 0 Å². The predicted octanol–water partition coefficient (Wildman–Crippen LogP) is 0.239. The SMILES string of the molecule is CN=C(NCCOC)NCC(C)(C)S(C)(=O)=O.I. The lowest BCUT2D eigenvalue weighted by molar-refractivity contribution is 0.203. The van der Waals surface area contributed by atoms with Crippen LogP contribution in [0.25, 0.3) is 0 Å². The summed E-state index contributed by atoms with van der Waals surface area (Å²) in [5, 5.41) is 5.99. The van der Waals surface area contributed by atoms with E-state index in [9.17, 15) is 8.42 Å². The van der Waals surface area contributed by atoms with E-state index in [2.05, 4.69) is 15.6 Å². The maximum Gasteiger partial charge on any atom is 0.191 e. The molecule has 0 rings (SSSR count). The fourth-order valence-electron chi connectivity index (χ4n) is 0.920. The van der Waals surface area contributed by atoms with Crippen LogP contribution in [-0.4, -0.2) is 59.2 Å². The van der Waals surface area contributed by atoms with Gasteiger partial charge in [0.2, 0.25) is 0 Å². The van der Waals surface area contributed by atoms with Crippen molar-refractivity contribution in [3.05, 3.63) is 0 Å². The molecule has 0 aromatic rings. The van der Waals surface area contributed by atoms with Gasteiger partial charge < -0.3 is 15.4 Å². The number of guanidine groups is 1. The molecule has 110 valence electrons. The highest BCUT2D eigenvalue weighted by molar-refractivity contribution is 14.0. The lowest BCUT2D eigenvalue weighted by Crippen LogP contribution is -2.48. The normalized spacial score (nSPS) is 12.8. The molecule has 0 heterocycles. The minimum absolute atomic E-state index is 0. The highest BCUT2D eigenvalue weighted by Gasteiger charge is 2.30. The first-order valence-electron chi connectivity index (χ1n) is 5.37. The zero-order chi connectivity index (χ0) is 13.5. The third-order valence-corrected chi connectivity index (χ3v) is 4.66. The summed E-state index contributed by atoms with van der Waals surface area (Å²) in [7, 11) is 0.149. The number of sulfone groups is 1. The molecule has 0 aliphatic rings. The van der Waals surface area contributed by atoms with Gasteiger partial charge in [-0.05, 0) is 13.8 Å². The molecule has 0 spiro atoms. The minimum atomic E-state index is -3.10. The number of hydrogen-bond acceptors (Lipinski definition) is 4. The van der Waals surface area contributed by atoms with Gasteiger partial charge in [-0.25, -0.2) is 8.42 Å². The molecule has 8 heteroatoms. The van der Waals surface area contributed by atoms with Crippen molar-refractivity contribution >= 4 is 39.8 Å². The number of halogens is 1. The van der Waals surface area contributed by atoms with Crippen LogP contribution in [0.5, 0.6) is 0 Å². The van der Waals surface area contributed by atoms with E-state index in [0.29, 0.717) is 25.7 Å². The Morgan fingerprint density at radius 1 is 1.33 bits per heavy atom. The number of nitrogens with zero attached hydrogens (tertiary/aromatic N) is 1. The van der Waals surface area contributed by atoms with E-state index in [0.717, 1.165) is 0 Å². The molecular weight excluding hydrogens is 369 g/mol. The summed E-state index contributed by atoms with van der Waals surface area (Å²) in [6.45, 7) is 4.85. The average Bonchev–Trinajstić information content (AvgIpc) is 2.21. The molecule has 0 bridgehead atoms. The maximum atomic E-state index is 11.5. The van der Waals surface area contributed by atoms with Crippen LogP contribution in [0.3, 0.4) is 0 Å². The van der Waals surface area contributed by atoms with Gasteiger partial charge in [-0.15, -0.1) is 24.0 Å². The number of aliphatic imine (C=N–C) groups is 1. The van der Waals surface area contributed by atoms with Gasteiger partial charge in [0.05, 0.1) is 11.4 Å². The molecule has 0 amide bonds. The lowest BCUT2D eigenvalue weighted by atomic mass is 10.2. The molecule has 0 aromatic carbocycles. The standard InChI is InChI=1S/C10H23N3O3S.HI/c1-10(2,17(5,14)15)8-13-9(11-3)12-6-7-16-4;/h6-8H2,1-5H3,(H2,11,12,13);1H. The molecule has 0 unspecified atom stereocenters. The van der Waals surface area contributed by atoms with E-state index in [1.807, 2.05) is 0 Å². The summed E-state index contributed by atoms with van der Waals surface area (Å²) in [6, 6.07) is 0. The van der Waals surface area contributed by atoms with E-state index >= 15 is 0 Å². The number of nitrogens with one attached hydrogen (secondary N) is 2. The summed E-state index contributed by atoms with van der Waals surface area (Å²) in [4.78, 5) is 3.99.